The molecule has 6 nitrogen and oxygen atoms in total. The number of hydrazone groups is 1. The lowest BCUT2D eigenvalue weighted by Crippen LogP contribution is -2.17. The summed E-state index contributed by atoms with van der Waals surface area (Å²) in [4.78, 5) is 22.7. The molecule has 0 atom stereocenters. The fourth-order valence-corrected chi connectivity index (χ4v) is 1.86. The van der Waals surface area contributed by atoms with Crippen LogP contribution in [0.3, 0.4) is 0 Å². The number of benzene rings is 2. The molecule has 2 amide bonds. The Hall–Kier alpha value is -2.96. The minimum atomic E-state index is -0.606. The largest absolute Gasteiger partial charge is 0.288 e. The number of carbonyl (C=O) groups excluding carboxylic acids is 2. The van der Waals surface area contributed by atoms with E-state index in [1.54, 1.807) is 54.6 Å². The van der Waals surface area contributed by atoms with Gasteiger partial charge >= 0.3 is 0 Å². The van der Waals surface area contributed by atoms with Crippen LogP contribution < -0.4 is 10.9 Å². The number of halogens is 1. The lowest BCUT2D eigenvalue weighted by atomic mass is 10.1. The molecule has 0 saturated heterocycles. The van der Waals surface area contributed by atoms with Gasteiger partial charge in [0.05, 0.1) is 6.21 Å². The average molecular weight is 344 g/mol. The molecule has 2 aromatic carbocycles. The van der Waals surface area contributed by atoms with Crippen molar-refractivity contribution in [3.63, 3.8) is 0 Å². The number of nitrogens with zero attached hydrogens (tertiary/aromatic N) is 1. The molecule has 0 aromatic heterocycles. The third kappa shape index (κ3) is 5.35. The van der Waals surface area contributed by atoms with Gasteiger partial charge in [-0.3, -0.25) is 14.8 Å². The molecule has 0 spiro atoms. The minimum Gasteiger partial charge on any atom is -0.288 e. The van der Waals surface area contributed by atoms with E-state index in [2.05, 4.69) is 10.5 Å². The van der Waals surface area contributed by atoms with E-state index in [1.807, 2.05) is 0 Å². The summed E-state index contributed by atoms with van der Waals surface area (Å²) >= 11 is 5.76. The van der Waals surface area contributed by atoms with Crippen LogP contribution in [0.2, 0.25) is 5.02 Å². The SMILES string of the molecule is O=C(C=Cc1ccc(C=NNC(=O)c2ccc(Cl)cc2)cc1)NO. The number of amides is 2. The fourth-order valence-electron chi connectivity index (χ4n) is 1.73. The van der Waals surface area contributed by atoms with Gasteiger partial charge in [-0.15, -0.1) is 0 Å². The monoisotopic (exact) mass is 343 g/mol. The van der Waals surface area contributed by atoms with E-state index >= 15 is 0 Å². The van der Waals surface area contributed by atoms with Crippen LogP contribution in [0.15, 0.2) is 59.7 Å². The first-order valence-electron chi connectivity index (χ1n) is 6.89. The van der Waals surface area contributed by atoms with Gasteiger partial charge in [-0.1, -0.05) is 35.9 Å². The van der Waals surface area contributed by atoms with Crippen molar-refractivity contribution in [1.29, 1.82) is 0 Å². The summed E-state index contributed by atoms with van der Waals surface area (Å²) in [7, 11) is 0. The summed E-state index contributed by atoms with van der Waals surface area (Å²) < 4.78 is 0. The molecule has 0 heterocycles. The van der Waals surface area contributed by atoms with Gasteiger partial charge in [0, 0.05) is 16.7 Å². The van der Waals surface area contributed by atoms with Gasteiger partial charge in [-0.2, -0.15) is 5.10 Å². The molecular formula is C17H14ClN3O3. The smallest absolute Gasteiger partial charge is 0.271 e. The van der Waals surface area contributed by atoms with Gasteiger partial charge in [0.2, 0.25) is 0 Å². The molecule has 7 heteroatoms. The highest BCUT2D eigenvalue weighted by molar-refractivity contribution is 6.30. The van der Waals surface area contributed by atoms with Gasteiger partial charge in [0.15, 0.2) is 0 Å². The third-order valence-corrected chi connectivity index (χ3v) is 3.21. The van der Waals surface area contributed by atoms with Crippen LogP contribution >= 0.6 is 11.6 Å². The van der Waals surface area contributed by atoms with Gasteiger partial charge in [-0.25, -0.2) is 10.9 Å². The molecule has 0 unspecified atom stereocenters. The molecule has 0 aliphatic heterocycles. The van der Waals surface area contributed by atoms with E-state index in [0.29, 0.717) is 10.6 Å². The second-order valence-corrected chi connectivity index (χ2v) is 5.12. The molecule has 3 N–H and O–H groups in total. The maximum Gasteiger partial charge on any atom is 0.271 e. The number of hydrogen-bond donors (Lipinski definition) is 3. The topological polar surface area (TPSA) is 90.8 Å². The van der Waals surface area contributed by atoms with Crippen molar-refractivity contribution < 1.29 is 14.8 Å². The zero-order chi connectivity index (χ0) is 17.4. The Labute approximate surface area is 143 Å². The minimum absolute atomic E-state index is 0.336. The first kappa shape index (κ1) is 17.4. The van der Waals surface area contributed by atoms with Gasteiger partial charge in [0.1, 0.15) is 0 Å². The van der Waals surface area contributed by atoms with Crippen molar-refractivity contribution in [2.75, 3.05) is 0 Å². The van der Waals surface area contributed by atoms with E-state index in [-0.39, 0.29) is 5.91 Å². The highest BCUT2D eigenvalue weighted by Gasteiger charge is 2.02. The molecule has 0 radical (unpaired) electrons. The van der Waals surface area contributed by atoms with Crippen molar-refractivity contribution in [1.82, 2.24) is 10.9 Å². The van der Waals surface area contributed by atoms with Crippen LogP contribution in [0.1, 0.15) is 21.5 Å². The zero-order valence-corrected chi connectivity index (χ0v) is 13.2. The van der Waals surface area contributed by atoms with Crippen LogP contribution in [0.25, 0.3) is 6.08 Å². The number of carbonyl (C=O) groups is 2. The average Bonchev–Trinajstić information content (AvgIpc) is 2.61. The van der Waals surface area contributed by atoms with Crippen LogP contribution in [-0.2, 0) is 4.79 Å². The normalized spacial score (nSPS) is 10.9. The predicted octanol–water partition coefficient (Wildman–Crippen LogP) is 2.62. The summed E-state index contributed by atoms with van der Waals surface area (Å²) in [5.74, 6) is -0.942. The maximum absolute atomic E-state index is 11.8. The van der Waals surface area contributed by atoms with Crippen molar-refractivity contribution >= 4 is 35.7 Å². The zero-order valence-electron chi connectivity index (χ0n) is 12.4. The quantitative estimate of drug-likeness (QED) is 0.337. The first-order chi connectivity index (χ1) is 11.6. The maximum atomic E-state index is 11.8. The van der Waals surface area contributed by atoms with Crippen LogP contribution in [0, 0.1) is 0 Å². The highest BCUT2D eigenvalue weighted by Crippen LogP contribution is 2.09. The molecular weight excluding hydrogens is 330 g/mol. The second-order valence-electron chi connectivity index (χ2n) is 4.68. The number of rotatable bonds is 5. The van der Waals surface area contributed by atoms with Gasteiger partial charge < -0.3 is 0 Å². The Morgan fingerprint density at radius 3 is 2.25 bits per heavy atom. The standard InChI is InChI=1S/C17H14ClN3O3/c18-15-8-6-14(7-9-15)17(23)20-19-11-13-3-1-12(2-4-13)5-10-16(22)21-24/h1-11,24H,(H,20,23)(H,21,22). The molecule has 0 saturated carbocycles. The summed E-state index contributed by atoms with van der Waals surface area (Å²) in [6.07, 6.45) is 4.26. The molecule has 0 aliphatic carbocycles. The van der Waals surface area contributed by atoms with E-state index in [9.17, 15) is 9.59 Å². The predicted molar refractivity (Wildman–Crippen MR) is 91.9 cm³/mol. The van der Waals surface area contributed by atoms with Crippen molar-refractivity contribution in [3.05, 3.63) is 76.3 Å². The highest BCUT2D eigenvalue weighted by atomic mass is 35.5. The Balaban J connectivity index is 1.92. The summed E-state index contributed by atoms with van der Waals surface area (Å²) in [5, 5.41) is 12.8. The summed E-state index contributed by atoms with van der Waals surface area (Å²) in [6, 6.07) is 13.6. The summed E-state index contributed by atoms with van der Waals surface area (Å²) in [5.41, 5.74) is 5.94. The lowest BCUT2D eigenvalue weighted by Gasteiger charge is -2.00. The van der Waals surface area contributed by atoms with Crippen LogP contribution in [0.4, 0.5) is 0 Å². The second kappa shape index (κ2) is 8.61. The Kier molecular flexibility index (Phi) is 6.24. The van der Waals surface area contributed by atoms with E-state index in [1.165, 1.54) is 17.8 Å². The van der Waals surface area contributed by atoms with Crippen LogP contribution in [0.5, 0.6) is 0 Å². The number of hydroxylamine groups is 1. The van der Waals surface area contributed by atoms with Gasteiger partial charge in [-0.05, 0) is 41.5 Å². The molecule has 2 aromatic rings. The molecule has 0 fully saturated rings. The lowest BCUT2D eigenvalue weighted by molar-refractivity contribution is -0.124. The molecule has 24 heavy (non-hydrogen) atoms. The summed E-state index contributed by atoms with van der Waals surface area (Å²) in [6.45, 7) is 0. The third-order valence-electron chi connectivity index (χ3n) is 2.96. The number of hydrogen-bond acceptors (Lipinski definition) is 4. The Morgan fingerprint density at radius 1 is 1.00 bits per heavy atom. The number of nitrogens with one attached hydrogen (secondary N) is 2. The van der Waals surface area contributed by atoms with E-state index in [0.717, 1.165) is 11.1 Å². The van der Waals surface area contributed by atoms with E-state index in [4.69, 9.17) is 16.8 Å². The molecule has 2 rings (SSSR count). The van der Waals surface area contributed by atoms with Crippen molar-refractivity contribution in [2.45, 2.75) is 0 Å². The Morgan fingerprint density at radius 2 is 1.62 bits per heavy atom. The first-order valence-corrected chi connectivity index (χ1v) is 7.27. The molecule has 122 valence electrons. The van der Waals surface area contributed by atoms with Crippen molar-refractivity contribution in [2.24, 2.45) is 5.10 Å². The fraction of sp³-hybridized carbons (Fsp3) is 0. The van der Waals surface area contributed by atoms with Crippen molar-refractivity contribution in [3.8, 4) is 0 Å². The van der Waals surface area contributed by atoms with Crippen LogP contribution in [-0.4, -0.2) is 23.2 Å². The Bertz CT molecular complexity index is 769. The van der Waals surface area contributed by atoms with Gasteiger partial charge in [0.25, 0.3) is 11.8 Å². The van der Waals surface area contributed by atoms with E-state index < -0.39 is 5.91 Å². The molecule has 0 bridgehead atoms. The molecule has 0 aliphatic rings.